The van der Waals surface area contributed by atoms with Gasteiger partial charge in [-0.05, 0) is 11.1 Å². The topological polar surface area (TPSA) is 77.8 Å². The maximum absolute atomic E-state index is 11.3. The molecule has 0 saturated heterocycles. The second-order valence-corrected chi connectivity index (χ2v) is 4.60. The maximum Gasteiger partial charge on any atom is 0.333 e. The Morgan fingerprint density at radius 3 is 1.65 bits per heavy atom. The summed E-state index contributed by atoms with van der Waals surface area (Å²) >= 11 is 0. The van der Waals surface area contributed by atoms with Gasteiger partial charge in [0, 0.05) is 0 Å². The Bertz CT molecular complexity index is 526. The molecule has 0 aliphatic rings. The van der Waals surface area contributed by atoms with Crippen molar-refractivity contribution in [2.24, 2.45) is 0 Å². The summed E-state index contributed by atoms with van der Waals surface area (Å²) in [4.78, 5) is 11.3. The number of hydrogen-bond donors (Lipinski definition) is 3. The zero-order valence-corrected chi connectivity index (χ0v) is 10.8. The molecule has 0 bridgehead atoms. The number of aliphatic hydroxyl groups is 2. The summed E-state index contributed by atoms with van der Waals surface area (Å²) in [6, 6.07) is 17.4. The predicted octanol–water partition coefficient (Wildman–Crippen LogP) is 1.41. The number of carboxylic acid groups (broad SMARTS) is 1. The summed E-state index contributed by atoms with van der Waals surface area (Å²) in [6.07, 6.45) is -1.74. The number of rotatable bonds is 5. The molecular formula is C16H16O4. The van der Waals surface area contributed by atoms with E-state index >= 15 is 0 Å². The van der Waals surface area contributed by atoms with Crippen molar-refractivity contribution in [2.45, 2.75) is 11.5 Å². The van der Waals surface area contributed by atoms with Crippen LogP contribution in [0.1, 0.15) is 11.1 Å². The summed E-state index contributed by atoms with van der Waals surface area (Å²) < 4.78 is 0. The molecule has 1 unspecified atom stereocenters. The van der Waals surface area contributed by atoms with Crippen LogP contribution in [0.4, 0.5) is 0 Å². The number of aliphatic hydroxyl groups excluding tert-OH is 2. The zero-order chi connectivity index (χ0) is 14.6. The average molecular weight is 272 g/mol. The third kappa shape index (κ3) is 2.31. The van der Waals surface area contributed by atoms with Crippen molar-refractivity contribution in [3.63, 3.8) is 0 Å². The summed E-state index contributed by atoms with van der Waals surface area (Å²) in [5, 5.41) is 29.3. The Morgan fingerprint density at radius 1 is 0.950 bits per heavy atom. The molecule has 2 rings (SSSR count). The molecule has 0 amide bonds. The van der Waals surface area contributed by atoms with Gasteiger partial charge in [-0.1, -0.05) is 60.7 Å². The van der Waals surface area contributed by atoms with Crippen LogP contribution in [0.5, 0.6) is 0 Å². The molecule has 0 fully saturated rings. The summed E-state index contributed by atoms with van der Waals surface area (Å²) in [6.45, 7) is -0.505. The highest BCUT2D eigenvalue weighted by molar-refractivity contribution is 5.76. The number of carbonyl (C=O) groups is 1. The van der Waals surface area contributed by atoms with Gasteiger partial charge in [0.05, 0.1) is 12.0 Å². The highest BCUT2D eigenvalue weighted by Crippen LogP contribution is 2.35. The van der Waals surface area contributed by atoms with E-state index in [1.54, 1.807) is 60.7 Å². The normalized spacial score (nSPS) is 12.9. The van der Waals surface area contributed by atoms with E-state index in [0.717, 1.165) is 0 Å². The van der Waals surface area contributed by atoms with Crippen molar-refractivity contribution < 1.29 is 20.1 Å². The predicted molar refractivity (Wildman–Crippen MR) is 74.4 cm³/mol. The highest BCUT2D eigenvalue weighted by Gasteiger charge is 2.44. The summed E-state index contributed by atoms with van der Waals surface area (Å²) in [5.74, 6) is -1.37. The molecule has 2 aromatic carbocycles. The van der Waals surface area contributed by atoms with Gasteiger partial charge in [0.1, 0.15) is 0 Å². The zero-order valence-electron chi connectivity index (χ0n) is 10.8. The van der Waals surface area contributed by atoms with E-state index in [9.17, 15) is 20.1 Å². The van der Waals surface area contributed by atoms with Crippen LogP contribution >= 0.6 is 0 Å². The minimum atomic E-state index is -1.74. The maximum atomic E-state index is 11.3. The van der Waals surface area contributed by atoms with Crippen molar-refractivity contribution in [3.8, 4) is 0 Å². The minimum Gasteiger partial charge on any atom is -0.479 e. The molecule has 2 aromatic rings. The van der Waals surface area contributed by atoms with Gasteiger partial charge in [-0.3, -0.25) is 0 Å². The minimum absolute atomic E-state index is 0.505. The van der Waals surface area contributed by atoms with Crippen LogP contribution < -0.4 is 0 Å². The van der Waals surface area contributed by atoms with E-state index in [1.807, 2.05) is 0 Å². The monoisotopic (exact) mass is 272 g/mol. The average Bonchev–Trinajstić information content (AvgIpc) is 2.50. The van der Waals surface area contributed by atoms with Crippen LogP contribution in [0.2, 0.25) is 0 Å². The molecule has 0 radical (unpaired) electrons. The lowest BCUT2D eigenvalue weighted by Gasteiger charge is -2.35. The van der Waals surface area contributed by atoms with E-state index in [4.69, 9.17) is 0 Å². The van der Waals surface area contributed by atoms with Crippen molar-refractivity contribution in [3.05, 3.63) is 71.8 Å². The Hall–Kier alpha value is -2.17. The first-order valence-corrected chi connectivity index (χ1v) is 6.25. The van der Waals surface area contributed by atoms with E-state index in [-0.39, 0.29) is 0 Å². The lowest BCUT2D eigenvalue weighted by molar-refractivity contribution is -0.151. The molecule has 0 aliphatic heterocycles. The summed E-state index contributed by atoms with van der Waals surface area (Å²) in [5.41, 5.74) is -0.263. The van der Waals surface area contributed by atoms with E-state index < -0.39 is 24.1 Å². The van der Waals surface area contributed by atoms with Gasteiger partial charge in [-0.25, -0.2) is 4.79 Å². The molecule has 0 aliphatic carbocycles. The van der Waals surface area contributed by atoms with Gasteiger partial charge < -0.3 is 15.3 Å². The SMILES string of the molecule is O=C(O)C(O)C(CO)(c1ccccc1)c1ccccc1. The Morgan fingerprint density at radius 2 is 1.35 bits per heavy atom. The molecule has 0 saturated carbocycles. The second kappa shape index (κ2) is 5.86. The van der Waals surface area contributed by atoms with Crippen molar-refractivity contribution in [1.29, 1.82) is 0 Å². The molecule has 4 heteroatoms. The fraction of sp³-hybridized carbons (Fsp3) is 0.188. The Labute approximate surface area is 116 Å². The molecular weight excluding hydrogens is 256 g/mol. The van der Waals surface area contributed by atoms with Crippen LogP contribution in [0, 0.1) is 0 Å². The van der Waals surface area contributed by atoms with Crippen LogP contribution in [0.3, 0.4) is 0 Å². The molecule has 3 N–H and O–H groups in total. The van der Waals surface area contributed by atoms with Crippen molar-refractivity contribution in [2.75, 3.05) is 6.61 Å². The number of hydrogen-bond acceptors (Lipinski definition) is 3. The summed E-state index contributed by atoms with van der Waals surface area (Å²) in [7, 11) is 0. The smallest absolute Gasteiger partial charge is 0.333 e. The quantitative estimate of drug-likeness (QED) is 0.769. The molecule has 4 nitrogen and oxygen atoms in total. The standard InChI is InChI=1S/C16H16O4/c17-11-16(14(18)15(19)20,12-7-3-1-4-8-12)13-9-5-2-6-10-13/h1-10,14,17-18H,11H2,(H,19,20). The fourth-order valence-corrected chi connectivity index (χ4v) is 2.43. The lowest BCUT2D eigenvalue weighted by Crippen LogP contribution is -2.48. The first-order valence-electron chi connectivity index (χ1n) is 6.25. The molecule has 0 spiro atoms. The van der Waals surface area contributed by atoms with Gasteiger partial charge in [0.15, 0.2) is 6.10 Å². The van der Waals surface area contributed by atoms with Crippen LogP contribution in [0.15, 0.2) is 60.7 Å². The highest BCUT2D eigenvalue weighted by atomic mass is 16.4. The van der Waals surface area contributed by atoms with E-state index in [1.165, 1.54) is 0 Å². The molecule has 20 heavy (non-hydrogen) atoms. The third-order valence-corrected chi connectivity index (χ3v) is 3.53. The van der Waals surface area contributed by atoms with E-state index in [2.05, 4.69) is 0 Å². The molecule has 0 aromatic heterocycles. The number of benzene rings is 2. The third-order valence-electron chi connectivity index (χ3n) is 3.53. The van der Waals surface area contributed by atoms with Gasteiger partial charge >= 0.3 is 5.97 Å². The van der Waals surface area contributed by atoms with Crippen LogP contribution in [-0.4, -0.2) is 34.0 Å². The second-order valence-electron chi connectivity index (χ2n) is 4.60. The van der Waals surface area contributed by atoms with Crippen molar-refractivity contribution >= 4 is 5.97 Å². The largest absolute Gasteiger partial charge is 0.479 e. The van der Waals surface area contributed by atoms with Gasteiger partial charge in [-0.15, -0.1) is 0 Å². The lowest BCUT2D eigenvalue weighted by atomic mass is 9.71. The Balaban J connectivity index is 2.68. The fourth-order valence-electron chi connectivity index (χ4n) is 2.43. The first-order chi connectivity index (χ1) is 9.63. The Kier molecular flexibility index (Phi) is 4.17. The van der Waals surface area contributed by atoms with Crippen LogP contribution in [0.25, 0.3) is 0 Å². The first kappa shape index (κ1) is 14.2. The number of carboxylic acids is 1. The number of aliphatic carboxylic acids is 1. The van der Waals surface area contributed by atoms with Gasteiger partial charge in [0.25, 0.3) is 0 Å². The molecule has 104 valence electrons. The van der Waals surface area contributed by atoms with Crippen LogP contribution in [-0.2, 0) is 10.2 Å². The van der Waals surface area contributed by atoms with E-state index in [0.29, 0.717) is 11.1 Å². The van der Waals surface area contributed by atoms with Gasteiger partial charge in [0.2, 0.25) is 0 Å². The molecule has 0 heterocycles. The van der Waals surface area contributed by atoms with Gasteiger partial charge in [-0.2, -0.15) is 0 Å². The van der Waals surface area contributed by atoms with Crippen molar-refractivity contribution in [1.82, 2.24) is 0 Å². The molecule has 1 atom stereocenters.